The third-order valence-electron chi connectivity index (χ3n) is 4.96. The van der Waals surface area contributed by atoms with Crippen molar-refractivity contribution >= 4 is 16.9 Å². The van der Waals surface area contributed by atoms with E-state index in [1.54, 1.807) is 55.8 Å². The zero-order chi connectivity index (χ0) is 23.2. The molecule has 0 bridgehead atoms. The lowest BCUT2D eigenvalue weighted by Gasteiger charge is -2.10. The number of methoxy groups -OCH3 is 2. The first kappa shape index (κ1) is 21.9. The van der Waals surface area contributed by atoms with Crippen molar-refractivity contribution in [1.82, 2.24) is 10.3 Å². The van der Waals surface area contributed by atoms with Crippen LogP contribution in [0.15, 0.2) is 76.1 Å². The summed E-state index contributed by atoms with van der Waals surface area (Å²) in [5.41, 5.74) is 1.65. The largest absolute Gasteiger partial charge is 0.493 e. The van der Waals surface area contributed by atoms with E-state index in [-0.39, 0.29) is 12.5 Å². The fraction of sp³-hybridized carbons (Fsp3) is 0.160. The molecule has 2 aromatic carbocycles. The minimum absolute atomic E-state index is 0.174. The minimum Gasteiger partial charge on any atom is -0.493 e. The second kappa shape index (κ2) is 9.86. The summed E-state index contributed by atoms with van der Waals surface area (Å²) in [6.45, 7) is 0.140. The van der Waals surface area contributed by atoms with Gasteiger partial charge in [0.25, 0.3) is 5.91 Å². The Labute approximate surface area is 189 Å². The number of hydrogen-bond acceptors (Lipinski definition) is 7. The summed E-state index contributed by atoms with van der Waals surface area (Å²) in [5, 5.41) is 3.45. The number of amides is 1. The Balaban J connectivity index is 1.47. The highest BCUT2D eigenvalue weighted by atomic mass is 16.5. The van der Waals surface area contributed by atoms with Crippen molar-refractivity contribution in [3.8, 4) is 28.4 Å². The number of pyridine rings is 1. The van der Waals surface area contributed by atoms with Crippen molar-refractivity contribution in [3.63, 3.8) is 0 Å². The first-order valence-corrected chi connectivity index (χ1v) is 10.2. The number of hydrogen-bond donors (Lipinski definition) is 1. The first-order valence-electron chi connectivity index (χ1n) is 10.2. The van der Waals surface area contributed by atoms with E-state index in [0.717, 1.165) is 5.69 Å². The predicted molar refractivity (Wildman–Crippen MR) is 123 cm³/mol. The third-order valence-corrected chi connectivity index (χ3v) is 4.96. The van der Waals surface area contributed by atoms with Crippen molar-refractivity contribution < 1.29 is 23.4 Å². The lowest BCUT2D eigenvalue weighted by Crippen LogP contribution is -2.28. The van der Waals surface area contributed by atoms with Crippen LogP contribution in [0, 0.1) is 0 Å². The molecule has 168 valence electrons. The van der Waals surface area contributed by atoms with E-state index in [2.05, 4.69) is 10.3 Å². The van der Waals surface area contributed by atoms with E-state index in [0.29, 0.717) is 45.9 Å². The molecule has 2 heterocycles. The molecule has 4 aromatic rings. The standard InChI is InChI=1S/C25H22N2O6/c1-30-21-9-7-16(12-23(21)31-2)20-11-17-6-8-19(13-22(17)33-25(20)29)32-15-24(28)27-14-18-5-3-4-10-26-18/h3-13H,14-15H2,1-2H3,(H,27,28). The zero-order valence-electron chi connectivity index (χ0n) is 18.2. The van der Waals surface area contributed by atoms with Gasteiger partial charge in [0, 0.05) is 17.6 Å². The molecule has 0 saturated heterocycles. The van der Waals surface area contributed by atoms with Crippen LogP contribution >= 0.6 is 0 Å². The van der Waals surface area contributed by atoms with Crippen LogP contribution in [0.4, 0.5) is 0 Å². The summed E-state index contributed by atoms with van der Waals surface area (Å²) < 4.78 is 21.6. The number of nitrogens with one attached hydrogen (secondary N) is 1. The van der Waals surface area contributed by atoms with Crippen LogP contribution in [0.1, 0.15) is 5.69 Å². The highest BCUT2D eigenvalue weighted by molar-refractivity contribution is 5.83. The van der Waals surface area contributed by atoms with Crippen LogP contribution in [-0.2, 0) is 11.3 Å². The molecule has 0 unspecified atom stereocenters. The van der Waals surface area contributed by atoms with Gasteiger partial charge < -0.3 is 23.9 Å². The van der Waals surface area contributed by atoms with E-state index in [4.69, 9.17) is 18.6 Å². The molecule has 0 atom stereocenters. The summed E-state index contributed by atoms with van der Waals surface area (Å²) in [6.07, 6.45) is 1.66. The molecule has 0 aliphatic heterocycles. The Kier molecular flexibility index (Phi) is 6.54. The SMILES string of the molecule is COc1ccc(-c2cc3ccc(OCC(=O)NCc4ccccn4)cc3oc2=O)cc1OC. The maximum atomic E-state index is 12.6. The number of benzene rings is 2. The molecule has 1 N–H and O–H groups in total. The van der Waals surface area contributed by atoms with E-state index in [1.807, 2.05) is 18.2 Å². The van der Waals surface area contributed by atoms with Gasteiger partial charge in [-0.1, -0.05) is 12.1 Å². The number of carbonyl (C=O) groups excluding carboxylic acids is 1. The predicted octanol–water partition coefficient (Wildman–Crippen LogP) is 3.57. The monoisotopic (exact) mass is 446 g/mol. The summed E-state index contributed by atoms with van der Waals surface area (Å²) in [5.74, 6) is 1.21. The van der Waals surface area contributed by atoms with Crippen LogP contribution < -0.4 is 25.2 Å². The molecule has 33 heavy (non-hydrogen) atoms. The number of aromatic nitrogens is 1. The van der Waals surface area contributed by atoms with Gasteiger partial charge in [-0.15, -0.1) is 0 Å². The van der Waals surface area contributed by atoms with Crippen molar-refractivity contribution in [3.05, 3.63) is 83.0 Å². The van der Waals surface area contributed by atoms with E-state index in [9.17, 15) is 9.59 Å². The van der Waals surface area contributed by atoms with Crippen molar-refractivity contribution in [1.29, 1.82) is 0 Å². The van der Waals surface area contributed by atoms with Crippen LogP contribution in [0.5, 0.6) is 17.2 Å². The minimum atomic E-state index is -0.500. The van der Waals surface area contributed by atoms with Gasteiger partial charge >= 0.3 is 5.63 Å². The number of nitrogens with zero attached hydrogens (tertiary/aromatic N) is 1. The maximum Gasteiger partial charge on any atom is 0.344 e. The Morgan fingerprint density at radius 1 is 1.00 bits per heavy atom. The highest BCUT2D eigenvalue weighted by Crippen LogP contribution is 2.32. The number of carbonyl (C=O) groups is 1. The van der Waals surface area contributed by atoms with Crippen molar-refractivity contribution in [2.75, 3.05) is 20.8 Å². The first-order chi connectivity index (χ1) is 16.1. The van der Waals surface area contributed by atoms with Gasteiger partial charge in [0.2, 0.25) is 0 Å². The van der Waals surface area contributed by atoms with Gasteiger partial charge in [0.15, 0.2) is 18.1 Å². The summed E-state index contributed by atoms with van der Waals surface area (Å²) in [4.78, 5) is 28.8. The van der Waals surface area contributed by atoms with Crippen LogP contribution in [0.2, 0.25) is 0 Å². The average molecular weight is 446 g/mol. The summed E-state index contributed by atoms with van der Waals surface area (Å²) in [6, 6.07) is 17.5. The second-order valence-electron chi connectivity index (χ2n) is 7.10. The van der Waals surface area contributed by atoms with Crippen molar-refractivity contribution in [2.24, 2.45) is 0 Å². The lowest BCUT2D eigenvalue weighted by molar-refractivity contribution is -0.123. The third kappa shape index (κ3) is 5.12. The van der Waals surface area contributed by atoms with Gasteiger partial charge in [0.05, 0.1) is 32.0 Å². The molecule has 4 rings (SSSR count). The normalized spacial score (nSPS) is 10.6. The van der Waals surface area contributed by atoms with Gasteiger partial charge in [-0.2, -0.15) is 0 Å². The van der Waals surface area contributed by atoms with E-state index >= 15 is 0 Å². The molecule has 0 spiro atoms. The summed E-state index contributed by atoms with van der Waals surface area (Å²) >= 11 is 0. The molecule has 0 radical (unpaired) electrons. The van der Waals surface area contributed by atoms with Gasteiger partial charge in [-0.25, -0.2) is 4.79 Å². The van der Waals surface area contributed by atoms with Gasteiger partial charge in [-0.3, -0.25) is 9.78 Å². The van der Waals surface area contributed by atoms with Gasteiger partial charge in [0.1, 0.15) is 11.3 Å². The van der Waals surface area contributed by atoms with Crippen molar-refractivity contribution in [2.45, 2.75) is 6.54 Å². The van der Waals surface area contributed by atoms with Crippen LogP contribution in [0.3, 0.4) is 0 Å². The van der Waals surface area contributed by atoms with Crippen LogP contribution in [-0.4, -0.2) is 31.7 Å². The van der Waals surface area contributed by atoms with Crippen LogP contribution in [0.25, 0.3) is 22.1 Å². The highest BCUT2D eigenvalue weighted by Gasteiger charge is 2.12. The number of ether oxygens (including phenoxy) is 3. The second-order valence-corrected chi connectivity index (χ2v) is 7.10. The fourth-order valence-corrected chi connectivity index (χ4v) is 3.28. The molecular formula is C25H22N2O6. The molecule has 8 heteroatoms. The molecule has 2 aromatic heterocycles. The van der Waals surface area contributed by atoms with E-state index < -0.39 is 5.63 Å². The maximum absolute atomic E-state index is 12.6. The van der Waals surface area contributed by atoms with E-state index in [1.165, 1.54) is 7.11 Å². The fourth-order valence-electron chi connectivity index (χ4n) is 3.28. The average Bonchev–Trinajstić information content (AvgIpc) is 2.85. The number of fused-ring (bicyclic) bond motifs is 1. The Morgan fingerprint density at radius 3 is 2.61 bits per heavy atom. The summed E-state index contributed by atoms with van der Waals surface area (Å²) in [7, 11) is 3.08. The molecule has 8 nitrogen and oxygen atoms in total. The molecule has 1 amide bonds. The Bertz CT molecular complexity index is 1330. The molecule has 0 aliphatic rings. The topological polar surface area (TPSA) is 99.9 Å². The molecule has 0 saturated carbocycles. The Morgan fingerprint density at radius 2 is 1.85 bits per heavy atom. The molecule has 0 fully saturated rings. The smallest absolute Gasteiger partial charge is 0.344 e. The molecular weight excluding hydrogens is 424 g/mol. The lowest BCUT2D eigenvalue weighted by atomic mass is 10.1. The van der Waals surface area contributed by atoms with Gasteiger partial charge in [-0.05, 0) is 48.0 Å². The quantitative estimate of drug-likeness (QED) is 0.413. The number of rotatable bonds is 8. The Hall–Kier alpha value is -4.33. The molecule has 0 aliphatic carbocycles. The zero-order valence-corrected chi connectivity index (χ0v) is 18.2.